The molecule has 0 N–H and O–H groups in total. The third-order valence-corrected chi connectivity index (χ3v) is 11.2. The molecule has 9 aromatic carbocycles. The third-order valence-electron chi connectivity index (χ3n) is 11.2. The van der Waals surface area contributed by atoms with Gasteiger partial charge in [0, 0.05) is 33.6 Å². The molecule has 2 nitrogen and oxygen atoms in total. The first kappa shape index (κ1) is 37.3. The molecule has 0 aliphatic rings. The zero-order valence-electron chi connectivity index (χ0n) is 33.4. The van der Waals surface area contributed by atoms with E-state index in [-0.39, 0.29) is 5.82 Å². The minimum Gasteiger partial charge on any atom is -0.309 e. The van der Waals surface area contributed by atoms with E-state index in [4.69, 9.17) is 0 Å². The molecule has 61 heavy (non-hydrogen) atoms. The fraction of sp³-hybridized carbons (Fsp3) is 0. The number of rotatable bonds is 10. The Hall–Kier alpha value is -8.01. The molecule has 0 unspecified atom stereocenters. The average Bonchev–Trinajstić information content (AvgIpc) is 3.68. The first-order chi connectivity index (χ1) is 30.2. The first-order valence-corrected chi connectivity index (χ1v) is 20.6. The summed E-state index contributed by atoms with van der Waals surface area (Å²) in [6, 6.07) is 80.9. The van der Waals surface area contributed by atoms with Gasteiger partial charge in [0.15, 0.2) is 0 Å². The van der Waals surface area contributed by atoms with Gasteiger partial charge in [-0.05, 0) is 99.6 Å². The number of fused-ring (bicyclic) bond motifs is 1. The molecule has 0 saturated heterocycles. The molecule has 0 atom stereocenters. The Morgan fingerprint density at radius 1 is 0.393 bits per heavy atom. The summed E-state index contributed by atoms with van der Waals surface area (Å²) in [5, 5.41) is 1.18. The highest BCUT2D eigenvalue weighted by atomic mass is 19.1. The Kier molecular flexibility index (Phi) is 10.2. The summed E-state index contributed by atoms with van der Waals surface area (Å²) >= 11 is 0. The molecule has 0 aliphatic heterocycles. The van der Waals surface area contributed by atoms with Crippen LogP contribution in [-0.2, 0) is 0 Å². The van der Waals surface area contributed by atoms with Gasteiger partial charge in [0.1, 0.15) is 5.82 Å². The summed E-state index contributed by atoms with van der Waals surface area (Å²) in [6.07, 6.45) is 4.33. The van der Waals surface area contributed by atoms with Crippen molar-refractivity contribution in [2.24, 2.45) is 0 Å². The van der Waals surface area contributed by atoms with Gasteiger partial charge < -0.3 is 9.47 Å². The van der Waals surface area contributed by atoms with Gasteiger partial charge in [0.2, 0.25) is 0 Å². The van der Waals surface area contributed by atoms with Gasteiger partial charge >= 0.3 is 0 Å². The maximum atomic E-state index is 16.9. The molecule has 290 valence electrons. The van der Waals surface area contributed by atoms with E-state index in [0.29, 0.717) is 5.69 Å². The van der Waals surface area contributed by atoms with Gasteiger partial charge in [-0.2, -0.15) is 0 Å². The van der Waals surface area contributed by atoms with E-state index in [1.165, 1.54) is 16.5 Å². The van der Waals surface area contributed by atoms with Crippen LogP contribution in [0.3, 0.4) is 0 Å². The summed E-state index contributed by atoms with van der Waals surface area (Å²) in [7, 11) is 0. The van der Waals surface area contributed by atoms with Crippen LogP contribution in [0.1, 0.15) is 11.1 Å². The molecule has 1 heterocycles. The van der Waals surface area contributed by atoms with Gasteiger partial charge in [0.25, 0.3) is 0 Å². The van der Waals surface area contributed by atoms with E-state index in [2.05, 4.69) is 156 Å². The number of hydrogen-bond donors (Lipinski definition) is 0. The number of benzene rings is 9. The van der Waals surface area contributed by atoms with Crippen LogP contribution in [0.2, 0.25) is 0 Å². The highest BCUT2D eigenvalue weighted by Gasteiger charge is 2.24. The van der Waals surface area contributed by atoms with Crippen LogP contribution in [-0.4, -0.2) is 4.57 Å². The highest BCUT2D eigenvalue weighted by Crippen LogP contribution is 2.45. The summed E-state index contributed by atoms with van der Waals surface area (Å²) in [5.74, 6) is -0.296. The second kappa shape index (κ2) is 16.7. The Bertz CT molecular complexity index is 3090. The maximum Gasteiger partial charge on any atom is 0.148 e. The monoisotopic (exact) mass is 784 g/mol. The van der Waals surface area contributed by atoms with Crippen LogP contribution in [0.25, 0.3) is 73.4 Å². The van der Waals surface area contributed by atoms with Gasteiger partial charge in [-0.3, -0.25) is 0 Å². The molecule has 0 fully saturated rings. The second-order valence-corrected chi connectivity index (χ2v) is 15.1. The zero-order valence-corrected chi connectivity index (χ0v) is 33.4. The fourth-order valence-corrected chi connectivity index (χ4v) is 8.40. The first-order valence-electron chi connectivity index (χ1n) is 20.6. The Balaban J connectivity index is 1.06. The van der Waals surface area contributed by atoms with Crippen LogP contribution in [0, 0.1) is 5.82 Å². The molecule has 0 bridgehead atoms. The minimum absolute atomic E-state index is 0.296. The standard InChI is InChI=1S/C58H41FN2/c59-54-41-48(44-19-7-1-8-20-44)40-52(45-21-9-2-10-22-45)58(54)60(49-27-15-5-16-28-49)51-36-33-42(34-37-51)31-32-43-35-38-55-53(39-43)56(46-23-11-3-12-24-46)57(47-25-13-4-14-26-47)61(55)50-29-17-6-18-30-50/h1-41H/b32-31+. The van der Waals surface area contributed by atoms with Crippen LogP contribution < -0.4 is 4.90 Å². The molecule has 10 rings (SSSR count). The SMILES string of the molecule is Fc1cc(-c2ccccc2)cc(-c2ccccc2)c1N(c1ccccc1)c1ccc(/C=C/c2ccc3c(c2)c(-c2ccccc2)c(-c2ccccc2)n3-c2ccccc2)cc1. The number of hydrogen-bond acceptors (Lipinski definition) is 1. The van der Waals surface area contributed by atoms with Crippen molar-refractivity contribution < 1.29 is 4.39 Å². The van der Waals surface area contributed by atoms with Crippen molar-refractivity contribution >= 4 is 40.1 Å². The average molecular weight is 785 g/mol. The van der Waals surface area contributed by atoms with Crippen molar-refractivity contribution in [1.29, 1.82) is 0 Å². The predicted molar refractivity (Wildman–Crippen MR) is 255 cm³/mol. The second-order valence-electron chi connectivity index (χ2n) is 15.1. The number of nitrogens with zero attached hydrogens (tertiary/aromatic N) is 2. The van der Waals surface area contributed by atoms with Crippen molar-refractivity contribution in [3.8, 4) is 50.3 Å². The van der Waals surface area contributed by atoms with Crippen molar-refractivity contribution in [2.75, 3.05) is 4.90 Å². The van der Waals surface area contributed by atoms with Gasteiger partial charge in [-0.15, -0.1) is 0 Å². The lowest BCUT2D eigenvalue weighted by Crippen LogP contribution is -2.13. The maximum absolute atomic E-state index is 16.9. The minimum atomic E-state index is -0.296. The molecule has 3 heteroatoms. The van der Waals surface area contributed by atoms with E-state index in [9.17, 15) is 0 Å². The normalized spacial score (nSPS) is 11.3. The molecule has 10 aromatic rings. The van der Waals surface area contributed by atoms with Gasteiger partial charge in [-0.1, -0.05) is 188 Å². The summed E-state index contributed by atoms with van der Waals surface area (Å²) in [5.41, 5.74) is 14.9. The lowest BCUT2D eigenvalue weighted by Gasteiger charge is -2.29. The molecule has 0 saturated carbocycles. The number of aromatic nitrogens is 1. The molecular formula is C58H41FN2. The predicted octanol–water partition coefficient (Wildman–Crippen LogP) is 16.1. The van der Waals surface area contributed by atoms with Crippen LogP contribution in [0.4, 0.5) is 21.5 Å². The van der Waals surface area contributed by atoms with Gasteiger partial charge in [-0.25, -0.2) is 4.39 Å². The summed E-state index contributed by atoms with van der Waals surface area (Å²) in [4.78, 5) is 2.03. The molecule has 0 aliphatic carbocycles. The quantitative estimate of drug-likeness (QED) is 0.125. The molecular weight excluding hydrogens is 744 g/mol. The summed E-state index contributed by atoms with van der Waals surface area (Å²) in [6.45, 7) is 0. The number of halogens is 1. The molecule has 0 radical (unpaired) electrons. The largest absolute Gasteiger partial charge is 0.309 e. The Labute approximate surface area is 356 Å². The van der Waals surface area contributed by atoms with Crippen molar-refractivity contribution in [1.82, 2.24) is 4.57 Å². The lowest BCUT2D eigenvalue weighted by atomic mass is 9.95. The number of para-hydroxylation sites is 2. The zero-order chi connectivity index (χ0) is 41.0. The van der Waals surface area contributed by atoms with Crippen molar-refractivity contribution in [3.05, 3.63) is 254 Å². The van der Waals surface area contributed by atoms with E-state index < -0.39 is 0 Å². The molecule has 0 amide bonds. The number of anilines is 3. The Morgan fingerprint density at radius 3 is 1.51 bits per heavy atom. The topological polar surface area (TPSA) is 8.17 Å². The smallest absolute Gasteiger partial charge is 0.148 e. The molecule has 0 spiro atoms. The lowest BCUT2D eigenvalue weighted by molar-refractivity contribution is 0.630. The third kappa shape index (κ3) is 7.46. The van der Waals surface area contributed by atoms with E-state index in [0.717, 1.165) is 67.2 Å². The van der Waals surface area contributed by atoms with Crippen LogP contribution in [0.5, 0.6) is 0 Å². The van der Waals surface area contributed by atoms with Gasteiger partial charge in [0.05, 0.1) is 16.9 Å². The van der Waals surface area contributed by atoms with Crippen molar-refractivity contribution in [3.63, 3.8) is 0 Å². The molecule has 1 aromatic heterocycles. The Morgan fingerprint density at radius 2 is 0.885 bits per heavy atom. The van der Waals surface area contributed by atoms with E-state index >= 15 is 4.39 Å². The van der Waals surface area contributed by atoms with E-state index in [1.807, 2.05) is 95.9 Å². The van der Waals surface area contributed by atoms with E-state index in [1.54, 1.807) is 6.07 Å². The van der Waals surface area contributed by atoms with Crippen LogP contribution >= 0.6 is 0 Å². The van der Waals surface area contributed by atoms with Crippen LogP contribution in [0.15, 0.2) is 237 Å². The summed E-state index contributed by atoms with van der Waals surface area (Å²) < 4.78 is 19.3. The fourth-order valence-electron chi connectivity index (χ4n) is 8.40. The highest BCUT2D eigenvalue weighted by molar-refractivity contribution is 6.06. The van der Waals surface area contributed by atoms with Crippen molar-refractivity contribution in [2.45, 2.75) is 0 Å².